The molecule has 1 unspecified atom stereocenters. The van der Waals surface area contributed by atoms with Crippen LogP contribution in [-0.4, -0.2) is 32.4 Å². The summed E-state index contributed by atoms with van der Waals surface area (Å²) < 4.78 is 39.3. The Kier molecular flexibility index (Phi) is 6.17. The van der Waals surface area contributed by atoms with Gasteiger partial charge in [0.05, 0.1) is 30.0 Å². The number of halogens is 1. The number of hydrogen-bond donors (Lipinski definition) is 1. The summed E-state index contributed by atoms with van der Waals surface area (Å²) in [5.41, 5.74) is 0.499. The Balaban J connectivity index is 1.63. The lowest BCUT2D eigenvalue weighted by atomic mass is 10.1. The quantitative estimate of drug-likeness (QED) is 0.490. The van der Waals surface area contributed by atoms with E-state index < -0.39 is 10.0 Å². The zero-order chi connectivity index (χ0) is 22.9. The lowest BCUT2D eigenvalue weighted by molar-refractivity contribution is 0.0652. The summed E-state index contributed by atoms with van der Waals surface area (Å²) in [6.45, 7) is 1.91. The van der Waals surface area contributed by atoms with Crippen molar-refractivity contribution in [1.82, 2.24) is 4.90 Å². The second kappa shape index (κ2) is 8.88. The lowest BCUT2D eigenvalue weighted by Gasteiger charge is -2.28. The molecule has 1 aliphatic carbocycles. The number of benzene rings is 2. The van der Waals surface area contributed by atoms with Crippen molar-refractivity contribution < 1.29 is 22.4 Å². The third-order valence-corrected chi connectivity index (χ3v) is 6.94. The van der Waals surface area contributed by atoms with E-state index >= 15 is 0 Å². The van der Waals surface area contributed by atoms with E-state index in [9.17, 15) is 13.2 Å². The fourth-order valence-electron chi connectivity index (χ4n) is 3.59. The van der Waals surface area contributed by atoms with Gasteiger partial charge in [-0.1, -0.05) is 17.7 Å². The average Bonchev–Trinajstić information content (AvgIpc) is 3.44. The molecule has 0 radical (unpaired) electrons. The number of sulfonamides is 1. The van der Waals surface area contributed by atoms with Crippen LogP contribution in [0.15, 0.2) is 70.2 Å². The van der Waals surface area contributed by atoms with Crippen LogP contribution in [-0.2, 0) is 10.0 Å². The van der Waals surface area contributed by atoms with Gasteiger partial charge in [0.1, 0.15) is 11.5 Å². The van der Waals surface area contributed by atoms with Crippen LogP contribution in [0.5, 0.6) is 5.75 Å². The topological polar surface area (TPSA) is 88.8 Å². The van der Waals surface area contributed by atoms with E-state index in [4.69, 9.17) is 20.8 Å². The van der Waals surface area contributed by atoms with Gasteiger partial charge in [0.15, 0.2) is 0 Å². The number of carbonyl (C=O) groups excluding carboxylic acids is 1. The zero-order valence-corrected chi connectivity index (χ0v) is 19.2. The van der Waals surface area contributed by atoms with Crippen LogP contribution < -0.4 is 9.46 Å². The van der Waals surface area contributed by atoms with Crippen molar-refractivity contribution in [2.75, 3.05) is 11.8 Å². The number of furan rings is 1. The average molecular weight is 475 g/mol. The molecular formula is C23H23ClN2O5S. The Hall–Kier alpha value is -2.97. The summed E-state index contributed by atoms with van der Waals surface area (Å²) in [7, 11) is -2.55. The molecule has 1 heterocycles. The molecule has 168 valence electrons. The van der Waals surface area contributed by atoms with Crippen molar-refractivity contribution in [3.63, 3.8) is 0 Å². The first-order chi connectivity index (χ1) is 15.3. The molecule has 0 bridgehead atoms. The number of carbonyl (C=O) groups is 1. The molecule has 1 aromatic heterocycles. The molecule has 32 heavy (non-hydrogen) atoms. The SMILES string of the molecule is COc1ccc(Cl)cc1NS(=O)(=O)c1cccc(C(=O)N(C2CC2)C(C)c2ccco2)c1. The zero-order valence-electron chi connectivity index (χ0n) is 17.6. The summed E-state index contributed by atoms with van der Waals surface area (Å²) in [6.07, 6.45) is 3.39. The van der Waals surface area contributed by atoms with E-state index in [0.717, 1.165) is 12.8 Å². The van der Waals surface area contributed by atoms with Gasteiger partial charge in [-0.05, 0) is 68.3 Å². The van der Waals surface area contributed by atoms with Gasteiger partial charge in [-0.15, -0.1) is 0 Å². The second-order valence-electron chi connectivity index (χ2n) is 7.61. The van der Waals surface area contributed by atoms with Crippen LogP contribution in [0.3, 0.4) is 0 Å². The molecule has 0 saturated heterocycles. The van der Waals surface area contributed by atoms with Crippen molar-refractivity contribution in [3.05, 3.63) is 77.2 Å². The number of nitrogens with zero attached hydrogens (tertiary/aromatic N) is 1. The largest absolute Gasteiger partial charge is 0.495 e. The molecule has 4 rings (SSSR count). The van der Waals surface area contributed by atoms with E-state index in [1.165, 1.54) is 25.3 Å². The Morgan fingerprint density at radius 2 is 1.97 bits per heavy atom. The normalized spacial score (nSPS) is 14.6. The van der Waals surface area contributed by atoms with Crippen molar-refractivity contribution in [1.29, 1.82) is 0 Å². The third kappa shape index (κ3) is 4.61. The third-order valence-electron chi connectivity index (χ3n) is 5.34. The first kappa shape index (κ1) is 22.2. The van der Waals surface area contributed by atoms with Gasteiger partial charge < -0.3 is 14.1 Å². The molecule has 3 aromatic rings. The minimum Gasteiger partial charge on any atom is -0.495 e. The molecular weight excluding hydrogens is 452 g/mol. The molecule has 9 heteroatoms. The van der Waals surface area contributed by atoms with Crippen LogP contribution in [0.25, 0.3) is 0 Å². The Morgan fingerprint density at radius 3 is 2.62 bits per heavy atom. The van der Waals surface area contributed by atoms with Crippen molar-refractivity contribution in [2.45, 2.75) is 36.7 Å². The molecule has 0 spiro atoms. The minimum absolute atomic E-state index is 0.0354. The summed E-state index contributed by atoms with van der Waals surface area (Å²) in [4.78, 5) is 15.1. The van der Waals surface area contributed by atoms with Gasteiger partial charge in [0.25, 0.3) is 15.9 Å². The molecule has 1 saturated carbocycles. The highest BCUT2D eigenvalue weighted by Gasteiger charge is 2.37. The highest BCUT2D eigenvalue weighted by Crippen LogP contribution is 2.36. The first-order valence-electron chi connectivity index (χ1n) is 10.1. The van der Waals surface area contributed by atoms with E-state index in [1.54, 1.807) is 41.5 Å². The Bertz CT molecular complexity index is 1220. The van der Waals surface area contributed by atoms with Gasteiger partial charge in [-0.2, -0.15) is 0 Å². The smallest absolute Gasteiger partial charge is 0.262 e. The number of hydrogen-bond acceptors (Lipinski definition) is 5. The van der Waals surface area contributed by atoms with Gasteiger partial charge in [-0.25, -0.2) is 8.42 Å². The molecule has 7 nitrogen and oxygen atoms in total. The lowest BCUT2D eigenvalue weighted by Crippen LogP contribution is -2.35. The molecule has 1 fully saturated rings. The highest BCUT2D eigenvalue weighted by molar-refractivity contribution is 7.92. The molecule has 1 aliphatic rings. The summed E-state index contributed by atoms with van der Waals surface area (Å²) in [5.74, 6) is 0.773. The summed E-state index contributed by atoms with van der Waals surface area (Å²) in [5, 5.41) is 0.361. The van der Waals surface area contributed by atoms with E-state index in [2.05, 4.69) is 4.72 Å². The van der Waals surface area contributed by atoms with E-state index in [1.807, 2.05) is 13.0 Å². The van der Waals surface area contributed by atoms with Crippen LogP contribution in [0.1, 0.15) is 41.9 Å². The monoisotopic (exact) mass is 474 g/mol. The van der Waals surface area contributed by atoms with Gasteiger partial charge in [-0.3, -0.25) is 9.52 Å². The first-order valence-corrected chi connectivity index (χ1v) is 12.0. The van der Waals surface area contributed by atoms with Gasteiger partial charge in [0, 0.05) is 16.6 Å². The fraction of sp³-hybridized carbons (Fsp3) is 0.261. The summed E-state index contributed by atoms with van der Waals surface area (Å²) in [6, 6.07) is 14.1. The molecule has 2 aromatic carbocycles. The number of anilines is 1. The van der Waals surface area contributed by atoms with E-state index in [-0.39, 0.29) is 34.1 Å². The number of ether oxygens (including phenoxy) is 1. The number of methoxy groups -OCH3 is 1. The van der Waals surface area contributed by atoms with Gasteiger partial charge in [0.2, 0.25) is 0 Å². The van der Waals surface area contributed by atoms with Crippen LogP contribution in [0.2, 0.25) is 5.02 Å². The predicted molar refractivity (Wildman–Crippen MR) is 122 cm³/mol. The molecule has 0 aliphatic heterocycles. The number of amides is 1. The Labute approximate surface area is 192 Å². The van der Waals surface area contributed by atoms with Crippen molar-refractivity contribution in [2.24, 2.45) is 0 Å². The maximum Gasteiger partial charge on any atom is 0.262 e. The van der Waals surface area contributed by atoms with Crippen molar-refractivity contribution in [3.8, 4) is 5.75 Å². The number of rotatable bonds is 8. The van der Waals surface area contributed by atoms with Crippen LogP contribution >= 0.6 is 11.6 Å². The summed E-state index contributed by atoms with van der Waals surface area (Å²) >= 11 is 6.01. The van der Waals surface area contributed by atoms with Crippen molar-refractivity contribution >= 4 is 33.2 Å². The Morgan fingerprint density at radius 1 is 1.19 bits per heavy atom. The predicted octanol–water partition coefficient (Wildman–Crippen LogP) is 5.11. The standard InChI is InChI=1S/C23H23ClN2O5S/c1-15(21-7-4-12-31-21)26(18-9-10-18)23(27)16-5-3-6-19(13-16)32(28,29)25-20-14-17(24)8-11-22(20)30-2/h3-8,11-15,18,25H,9-10H2,1-2H3. The molecule has 1 N–H and O–H groups in total. The fourth-order valence-corrected chi connectivity index (χ4v) is 4.86. The van der Waals surface area contributed by atoms with Crippen LogP contribution in [0, 0.1) is 0 Å². The minimum atomic E-state index is -3.99. The second-order valence-corrected chi connectivity index (χ2v) is 9.73. The van der Waals surface area contributed by atoms with Crippen LogP contribution in [0.4, 0.5) is 5.69 Å². The highest BCUT2D eigenvalue weighted by atomic mass is 35.5. The molecule has 1 atom stereocenters. The van der Waals surface area contributed by atoms with Gasteiger partial charge >= 0.3 is 0 Å². The number of nitrogens with one attached hydrogen (secondary N) is 1. The maximum absolute atomic E-state index is 13.4. The maximum atomic E-state index is 13.4. The van der Waals surface area contributed by atoms with E-state index in [0.29, 0.717) is 16.5 Å². The molecule has 1 amide bonds.